The molecule has 0 aromatic heterocycles. The molecule has 0 aliphatic heterocycles. The molecular formula is C27H48O3. The number of rotatable bonds is 10. The summed E-state index contributed by atoms with van der Waals surface area (Å²) in [7, 11) is 0. The first-order valence-electron chi connectivity index (χ1n) is 13.6. The lowest BCUT2D eigenvalue weighted by molar-refractivity contribution is -0.150. The van der Waals surface area contributed by atoms with Gasteiger partial charge >= 0.3 is 0 Å². The van der Waals surface area contributed by atoms with E-state index in [-0.39, 0.29) is 12.2 Å². The van der Waals surface area contributed by atoms with Crippen LogP contribution in [0.1, 0.15) is 116 Å². The molecule has 4 aliphatic rings. The van der Waals surface area contributed by atoms with Crippen LogP contribution in [-0.4, -0.2) is 28.7 Å². The Kier molecular flexibility index (Phi) is 8.56. The summed E-state index contributed by atoms with van der Waals surface area (Å²) in [5, 5.41) is 20.1. The van der Waals surface area contributed by atoms with Crippen LogP contribution in [0.5, 0.6) is 0 Å². The number of aliphatic hydroxyl groups is 2. The molecule has 0 amide bonds. The molecule has 0 aromatic rings. The molecule has 0 saturated heterocycles. The van der Waals surface area contributed by atoms with Gasteiger partial charge in [0, 0.05) is 0 Å². The number of aliphatic hydroxyl groups excluding tert-OH is 2. The molecule has 4 fully saturated rings. The maximum Gasteiger partial charge on any atom is 0.154 e. The monoisotopic (exact) mass is 420 g/mol. The van der Waals surface area contributed by atoms with E-state index >= 15 is 0 Å². The SMILES string of the molecule is CC(O)CCCC(O)OC(CC1CC2CCCCC2C1)CC1CC2CCCCC2C1. The highest BCUT2D eigenvalue weighted by molar-refractivity contribution is 4.90. The second kappa shape index (κ2) is 11.1. The first-order chi connectivity index (χ1) is 14.6. The van der Waals surface area contributed by atoms with Crippen molar-refractivity contribution in [2.75, 3.05) is 0 Å². The molecule has 0 heterocycles. The second-order valence-electron chi connectivity index (χ2n) is 11.7. The highest BCUT2D eigenvalue weighted by atomic mass is 16.6. The van der Waals surface area contributed by atoms with Crippen LogP contribution in [0.3, 0.4) is 0 Å². The van der Waals surface area contributed by atoms with Crippen LogP contribution in [0.4, 0.5) is 0 Å². The molecule has 30 heavy (non-hydrogen) atoms. The Morgan fingerprint density at radius 2 is 1.13 bits per heavy atom. The summed E-state index contributed by atoms with van der Waals surface area (Å²) >= 11 is 0. The standard InChI is InChI=1S/C27H48O3/c1-19(28)7-6-12-27(29)30-26(17-20-13-22-8-2-3-9-23(22)14-20)18-21-15-24-10-4-5-11-25(24)16-21/h19-29H,2-18H2,1H3. The smallest absolute Gasteiger partial charge is 0.154 e. The number of ether oxygens (including phenoxy) is 1. The van der Waals surface area contributed by atoms with Gasteiger partial charge in [0.15, 0.2) is 6.29 Å². The highest BCUT2D eigenvalue weighted by Gasteiger charge is 2.39. The summed E-state index contributed by atoms with van der Waals surface area (Å²) in [6.45, 7) is 1.83. The van der Waals surface area contributed by atoms with Crippen LogP contribution in [-0.2, 0) is 4.74 Å². The predicted octanol–water partition coefficient (Wildman–Crippen LogP) is 6.45. The Morgan fingerprint density at radius 3 is 1.53 bits per heavy atom. The molecule has 4 rings (SSSR count). The van der Waals surface area contributed by atoms with E-state index in [4.69, 9.17) is 4.74 Å². The van der Waals surface area contributed by atoms with Crippen LogP contribution in [0.2, 0.25) is 0 Å². The largest absolute Gasteiger partial charge is 0.393 e. The lowest BCUT2D eigenvalue weighted by Gasteiger charge is -2.27. The molecule has 3 heteroatoms. The van der Waals surface area contributed by atoms with E-state index in [1.807, 2.05) is 6.92 Å². The van der Waals surface area contributed by atoms with E-state index in [0.29, 0.717) is 6.42 Å². The van der Waals surface area contributed by atoms with E-state index in [1.54, 1.807) is 0 Å². The molecule has 0 radical (unpaired) electrons. The van der Waals surface area contributed by atoms with E-state index in [1.165, 1.54) is 89.9 Å². The van der Waals surface area contributed by atoms with Crippen LogP contribution < -0.4 is 0 Å². The third-order valence-corrected chi connectivity index (χ3v) is 9.29. The zero-order valence-electron chi connectivity index (χ0n) is 19.5. The Bertz CT molecular complexity index is 444. The maximum absolute atomic E-state index is 10.6. The van der Waals surface area contributed by atoms with Gasteiger partial charge in [0.05, 0.1) is 12.2 Å². The predicted molar refractivity (Wildman–Crippen MR) is 122 cm³/mol. The van der Waals surface area contributed by atoms with Crippen LogP contribution in [0.15, 0.2) is 0 Å². The van der Waals surface area contributed by atoms with Crippen molar-refractivity contribution < 1.29 is 14.9 Å². The molecule has 0 bridgehead atoms. The quantitative estimate of drug-likeness (QED) is 0.399. The fraction of sp³-hybridized carbons (Fsp3) is 1.00. The third-order valence-electron chi connectivity index (χ3n) is 9.29. The average molecular weight is 421 g/mol. The van der Waals surface area contributed by atoms with Gasteiger partial charge in [0.25, 0.3) is 0 Å². The van der Waals surface area contributed by atoms with Crippen molar-refractivity contribution in [2.24, 2.45) is 35.5 Å². The lowest BCUT2D eigenvalue weighted by atomic mass is 9.82. The fourth-order valence-corrected chi connectivity index (χ4v) is 7.93. The van der Waals surface area contributed by atoms with Crippen LogP contribution >= 0.6 is 0 Å². The Balaban J connectivity index is 1.30. The van der Waals surface area contributed by atoms with Gasteiger partial charge in [0.2, 0.25) is 0 Å². The lowest BCUT2D eigenvalue weighted by Crippen LogP contribution is -2.26. The normalized spacial score (nSPS) is 39.3. The number of fused-ring (bicyclic) bond motifs is 2. The van der Waals surface area contributed by atoms with Crippen molar-refractivity contribution in [3.8, 4) is 0 Å². The summed E-state index contributed by atoms with van der Waals surface area (Å²) in [6.07, 6.45) is 21.2. The van der Waals surface area contributed by atoms with Crippen molar-refractivity contribution in [1.82, 2.24) is 0 Å². The van der Waals surface area contributed by atoms with Crippen molar-refractivity contribution in [1.29, 1.82) is 0 Å². The van der Waals surface area contributed by atoms with Crippen molar-refractivity contribution >= 4 is 0 Å². The minimum absolute atomic E-state index is 0.238. The molecule has 0 aromatic carbocycles. The topological polar surface area (TPSA) is 49.7 Å². The van der Waals surface area contributed by atoms with E-state index < -0.39 is 6.29 Å². The molecule has 6 unspecified atom stereocenters. The van der Waals surface area contributed by atoms with Crippen molar-refractivity contribution in [3.63, 3.8) is 0 Å². The van der Waals surface area contributed by atoms with Gasteiger partial charge < -0.3 is 14.9 Å². The summed E-state index contributed by atoms with van der Waals surface area (Å²) in [4.78, 5) is 0. The van der Waals surface area contributed by atoms with Gasteiger partial charge in [-0.25, -0.2) is 0 Å². The molecule has 174 valence electrons. The fourth-order valence-electron chi connectivity index (χ4n) is 7.93. The van der Waals surface area contributed by atoms with E-state index in [0.717, 1.165) is 48.3 Å². The zero-order chi connectivity index (χ0) is 20.9. The van der Waals surface area contributed by atoms with Gasteiger partial charge in [0.1, 0.15) is 0 Å². The minimum Gasteiger partial charge on any atom is -0.393 e. The molecule has 3 nitrogen and oxygen atoms in total. The molecule has 2 N–H and O–H groups in total. The first-order valence-corrected chi connectivity index (χ1v) is 13.6. The Morgan fingerprint density at radius 1 is 0.700 bits per heavy atom. The minimum atomic E-state index is -0.652. The molecule has 4 aliphatic carbocycles. The molecule has 4 saturated carbocycles. The van der Waals surface area contributed by atoms with Gasteiger partial charge in [-0.1, -0.05) is 51.4 Å². The first kappa shape index (κ1) is 23.1. The maximum atomic E-state index is 10.6. The molecule has 0 spiro atoms. The average Bonchev–Trinajstić information content (AvgIpc) is 3.30. The van der Waals surface area contributed by atoms with Crippen molar-refractivity contribution in [2.45, 2.75) is 135 Å². The van der Waals surface area contributed by atoms with E-state index in [2.05, 4.69) is 0 Å². The second-order valence-corrected chi connectivity index (χ2v) is 11.7. The summed E-state index contributed by atoms with van der Waals surface area (Å²) < 4.78 is 6.34. The van der Waals surface area contributed by atoms with Crippen LogP contribution in [0, 0.1) is 35.5 Å². The van der Waals surface area contributed by atoms with Crippen molar-refractivity contribution in [3.05, 3.63) is 0 Å². The Hall–Kier alpha value is -0.120. The van der Waals surface area contributed by atoms with Gasteiger partial charge in [-0.15, -0.1) is 0 Å². The zero-order valence-corrected chi connectivity index (χ0v) is 19.5. The highest BCUT2D eigenvalue weighted by Crippen LogP contribution is 2.49. The summed E-state index contributed by atoms with van der Waals surface area (Å²) in [5.74, 6) is 5.56. The number of hydrogen-bond acceptors (Lipinski definition) is 3. The summed E-state index contributed by atoms with van der Waals surface area (Å²) in [6, 6.07) is 0. The third kappa shape index (κ3) is 6.45. The van der Waals surface area contributed by atoms with Gasteiger partial charge in [-0.05, 0) is 100 Å². The van der Waals surface area contributed by atoms with E-state index in [9.17, 15) is 10.2 Å². The summed E-state index contributed by atoms with van der Waals surface area (Å²) in [5.41, 5.74) is 0. The Labute approximate surface area is 185 Å². The van der Waals surface area contributed by atoms with Gasteiger partial charge in [-0.2, -0.15) is 0 Å². The van der Waals surface area contributed by atoms with Gasteiger partial charge in [-0.3, -0.25) is 0 Å². The number of hydrogen-bond donors (Lipinski definition) is 2. The molecule has 6 atom stereocenters. The molecular weight excluding hydrogens is 372 g/mol. The van der Waals surface area contributed by atoms with Crippen LogP contribution in [0.25, 0.3) is 0 Å².